The minimum Gasteiger partial charge on any atom is -0.481 e. The topological polar surface area (TPSA) is 156 Å². The van der Waals surface area contributed by atoms with Gasteiger partial charge >= 0.3 is 5.97 Å². The molecule has 3 aliphatic rings. The van der Waals surface area contributed by atoms with Crippen molar-refractivity contribution in [1.29, 1.82) is 0 Å². The molecule has 6 rings (SSSR count). The Hall–Kier alpha value is -4.40. The van der Waals surface area contributed by atoms with Crippen LogP contribution in [0, 0.1) is 17.4 Å². The molecule has 0 saturated heterocycles. The van der Waals surface area contributed by atoms with Crippen LogP contribution in [0.1, 0.15) is 65.1 Å². The molecule has 0 atom stereocenters. The third-order valence-corrected chi connectivity index (χ3v) is 7.57. The van der Waals surface area contributed by atoms with Gasteiger partial charge in [0.2, 0.25) is 0 Å². The largest absolute Gasteiger partial charge is 0.481 e. The maximum absolute atomic E-state index is 13.2. The summed E-state index contributed by atoms with van der Waals surface area (Å²) in [5.41, 5.74) is 0.123. The Morgan fingerprint density at radius 2 is 1.81 bits per heavy atom. The quantitative estimate of drug-likeness (QED) is 0.427. The van der Waals surface area contributed by atoms with Gasteiger partial charge in [-0.05, 0) is 61.6 Å². The van der Waals surface area contributed by atoms with Crippen LogP contribution in [0.3, 0.4) is 0 Å². The smallest absolute Gasteiger partial charge is 0.309 e. The van der Waals surface area contributed by atoms with Crippen LogP contribution in [0.2, 0.25) is 0 Å². The molecule has 36 heavy (non-hydrogen) atoms. The van der Waals surface area contributed by atoms with Crippen LogP contribution in [0.4, 0.5) is 5.82 Å². The number of hydrogen-bond donors (Lipinski definition) is 3. The number of carboxylic acids is 1. The first kappa shape index (κ1) is 23.3. The summed E-state index contributed by atoms with van der Waals surface area (Å²) in [7, 11) is 0. The fraction of sp³-hybridized carbons (Fsp3) is 0.417. The van der Waals surface area contributed by atoms with E-state index in [1.807, 2.05) is 0 Å². The number of amides is 2. The maximum atomic E-state index is 13.2. The van der Waals surface area contributed by atoms with Crippen molar-refractivity contribution in [1.82, 2.24) is 35.2 Å². The molecule has 12 nitrogen and oxygen atoms in total. The molecule has 0 spiro atoms. The number of aromatic nitrogens is 5. The summed E-state index contributed by atoms with van der Waals surface area (Å²) in [4.78, 5) is 53.1. The van der Waals surface area contributed by atoms with Gasteiger partial charge in [0.1, 0.15) is 23.9 Å². The van der Waals surface area contributed by atoms with Crippen molar-refractivity contribution in [3.63, 3.8) is 0 Å². The van der Waals surface area contributed by atoms with Crippen molar-refractivity contribution in [2.45, 2.75) is 45.1 Å². The molecule has 3 saturated carbocycles. The molecule has 12 heteroatoms. The van der Waals surface area contributed by atoms with E-state index in [1.54, 1.807) is 12.1 Å². The van der Waals surface area contributed by atoms with E-state index in [0.29, 0.717) is 31.4 Å². The molecule has 0 radical (unpaired) electrons. The van der Waals surface area contributed by atoms with Gasteiger partial charge < -0.3 is 20.6 Å². The van der Waals surface area contributed by atoms with E-state index in [0.717, 1.165) is 19.3 Å². The van der Waals surface area contributed by atoms with Gasteiger partial charge in [0.05, 0.1) is 5.41 Å². The van der Waals surface area contributed by atoms with E-state index >= 15 is 0 Å². The maximum Gasteiger partial charge on any atom is 0.309 e. The summed E-state index contributed by atoms with van der Waals surface area (Å²) >= 11 is 0. The Kier molecular flexibility index (Phi) is 5.83. The van der Waals surface area contributed by atoms with Gasteiger partial charge in [0.25, 0.3) is 23.4 Å². The molecule has 3 aromatic rings. The van der Waals surface area contributed by atoms with Crippen LogP contribution < -0.4 is 10.6 Å². The lowest BCUT2D eigenvalue weighted by Crippen LogP contribution is -2.50. The predicted molar refractivity (Wildman–Crippen MR) is 125 cm³/mol. The lowest BCUT2D eigenvalue weighted by molar-refractivity contribution is -0.158. The predicted octanol–water partition coefficient (Wildman–Crippen LogP) is 2.16. The molecular formula is C24H24N8O4. The van der Waals surface area contributed by atoms with E-state index < -0.39 is 23.2 Å². The average Bonchev–Trinajstić information content (AvgIpc) is 3.40. The second-order valence-electron chi connectivity index (χ2n) is 9.58. The van der Waals surface area contributed by atoms with Crippen LogP contribution in [0.5, 0.6) is 0 Å². The molecular weight excluding hydrogens is 464 g/mol. The number of fused-ring (bicyclic) bond motifs is 4. The minimum atomic E-state index is -0.716. The number of carbonyl (C=O) groups is 3. The van der Waals surface area contributed by atoms with Crippen molar-refractivity contribution in [2.24, 2.45) is 10.8 Å². The molecule has 3 aliphatic carbocycles. The van der Waals surface area contributed by atoms with Crippen LogP contribution in [0.25, 0.3) is 10.6 Å². The summed E-state index contributed by atoms with van der Waals surface area (Å²) < 4.78 is 1.28. The molecule has 3 fully saturated rings. The van der Waals surface area contributed by atoms with Crippen molar-refractivity contribution in [3.05, 3.63) is 59.1 Å². The van der Waals surface area contributed by atoms with Crippen LogP contribution >= 0.6 is 0 Å². The van der Waals surface area contributed by atoms with E-state index in [-0.39, 0.29) is 34.9 Å². The lowest BCUT2D eigenvalue weighted by Gasteiger charge is -2.51. The summed E-state index contributed by atoms with van der Waals surface area (Å²) in [6.07, 6.45) is 6.90. The number of pyridine rings is 1. The molecule has 0 aromatic carbocycles. The van der Waals surface area contributed by atoms with Gasteiger partial charge in [0, 0.05) is 19.2 Å². The number of rotatable bonds is 7. The fourth-order valence-corrected chi connectivity index (χ4v) is 5.20. The molecule has 3 aromatic heterocycles. The zero-order valence-electron chi connectivity index (χ0n) is 19.4. The summed E-state index contributed by atoms with van der Waals surface area (Å²) in [5.74, 6) is -1.28. The number of hydrogen-bond acceptors (Lipinski definition) is 7. The van der Waals surface area contributed by atoms with Gasteiger partial charge in [-0.15, -0.1) is 4.98 Å². The first-order valence-electron chi connectivity index (χ1n) is 11.7. The molecule has 0 aliphatic heterocycles. The van der Waals surface area contributed by atoms with Gasteiger partial charge in [0.15, 0.2) is 0 Å². The molecule has 2 bridgehead atoms. The number of carbonyl (C=O) groups excluding carboxylic acids is 2. The Balaban J connectivity index is 1.29. The number of aliphatic carboxylic acids is 1. The molecule has 2 amide bonds. The van der Waals surface area contributed by atoms with Crippen molar-refractivity contribution in [3.8, 4) is 0 Å². The summed E-state index contributed by atoms with van der Waals surface area (Å²) in [6, 6.07) is 4.65. The van der Waals surface area contributed by atoms with E-state index in [2.05, 4.69) is 35.5 Å². The van der Waals surface area contributed by atoms with Gasteiger partial charge in [-0.1, -0.05) is 6.57 Å². The lowest BCUT2D eigenvalue weighted by atomic mass is 9.53. The highest BCUT2D eigenvalue weighted by molar-refractivity contribution is 5.98. The monoisotopic (exact) mass is 488 g/mol. The van der Waals surface area contributed by atoms with E-state index in [4.69, 9.17) is 6.57 Å². The highest BCUT2D eigenvalue weighted by Crippen LogP contribution is 2.56. The Morgan fingerprint density at radius 1 is 1.06 bits per heavy atom. The van der Waals surface area contributed by atoms with Crippen LogP contribution in [-0.4, -0.2) is 54.0 Å². The third-order valence-electron chi connectivity index (χ3n) is 7.57. The van der Waals surface area contributed by atoms with E-state index in [9.17, 15) is 19.5 Å². The molecule has 0 unspecified atom stereocenters. The highest BCUT2D eigenvalue weighted by Gasteiger charge is 2.52. The number of nitrogens with one attached hydrogen (secondary N) is 2. The normalized spacial score (nSPS) is 22.6. The highest BCUT2D eigenvalue weighted by atomic mass is 16.4. The standard InChI is InChI=1S/C24H24N8O4/c1-25-18-10-15(2-9-26-18)12-27-19(33)16-11-17(32-22(31-16)29-14-30-32)20(34)28-13-23-3-6-24(7-4-23,8-5-23)21(35)36/h2,9-11,14H,3-8,12-13H2,(H,27,33)(H,28,34)(H,35,36). The minimum absolute atomic E-state index is 0.0137. The summed E-state index contributed by atoms with van der Waals surface area (Å²) in [6.45, 7) is 7.64. The second kappa shape index (κ2) is 8.99. The van der Waals surface area contributed by atoms with Crippen molar-refractivity contribution in [2.75, 3.05) is 6.54 Å². The zero-order valence-corrected chi connectivity index (χ0v) is 19.4. The SMILES string of the molecule is [C-]#[N+]c1cc(CNC(=O)c2cc(C(=O)NCC34CCC(C(=O)O)(CC3)CC4)n3ncnc3n2)ccn1. The Morgan fingerprint density at radius 3 is 2.50 bits per heavy atom. The first-order chi connectivity index (χ1) is 17.3. The number of nitrogens with zero attached hydrogens (tertiary/aromatic N) is 6. The van der Waals surface area contributed by atoms with Gasteiger partial charge in [-0.25, -0.2) is 4.98 Å². The molecule has 184 valence electrons. The third kappa shape index (κ3) is 4.24. The second-order valence-corrected chi connectivity index (χ2v) is 9.58. The Labute approximate surface area is 206 Å². The Bertz CT molecular complexity index is 1380. The van der Waals surface area contributed by atoms with Crippen LogP contribution in [0.15, 0.2) is 30.7 Å². The zero-order chi connectivity index (χ0) is 25.3. The molecule has 3 heterocycles. The fourth-order valence-electron chi connectivity index (χ4n) is 5.20. The van der Waals surface area contributed by atoms with Crippen molar-refractivity contribution < 1.29 is 19.5 Å². The number of carboxylic acid groups (broad SMARTS) is 1. The molecule has 3 N–H and O–H groups in total. The van der Waals surface area contributed by atoms with Crippen LogP contribution in [-0.2, 0) is 11.3 Å². The average molecular weight is 489 g/mol. The van der Waals surface area contributed by atoms with E-state index in [1.165, 1.54) is 23.1 Å². The van der Waals surface area contributed by atoms with Gasteiger partial charge in [-0.3, -0.25) is 14.4 Å². The first-order valence-corrected chi connectivity index (χ1v) is 11.7. The van der Waals surface area contributed by atoms with Crippen molar-refractivity contribution >= 4 is 29.4 Å². The summed E-state index contributed by atoms with van der Waals surface area (Å²) in [5, 5.41) is 19.4. The van der Waals surface area contributed by atoms with Gasteiger partial charge in [-0.2, -0.15) is 14.6 Å².